The van der Waals surface area contributed by atoms with Gasteiger partial charge in [0.2, 0.25) is 0 Å². The number of hydrogen-bond acceptors (Lipinski definition) is 5. The highest BCUT2D eigenvalue weighted by atomic mass is 79.9. The zero-order valence-corrected chi connectivity index (χ0v) is 11.9. The van der Waals surface area contributed by atoms with E-state index in [1.54, 1.807) is 13.0 Å². The smallest absolute Gasteiger partial charge is 0.273 e. The number of thiazole rings is 1. The summed E-state index contributed by atoms with van der Waals surface area (Å²) in [5.41, 5.74) is 0.450. The van der Waals surface area contributed by atoms with E-state index in [-0.39, 0.29) is 4.21 Å². The van der Waals surface area contributed by atoms with E-state index in [1.165, 1.54) is 18.6 Å². The van der Waals surface area contributed by atoms with Crippen molar-refractivity contribution in [2.45, 2.75) is 11.1 Å². The van der Waals surface area contributed by atoms with Crippen molar-refractivity contribution in [3.63, 3.8) is 0 Å². The molecule has 2 rings (SSSR count). The molecule has 8 heteroatoms. The van der Waals surface area contributed by atoms with Crippen molar-refractivity contribution < 1.29 is 8.42 Å². The van der Waals surface area contributed by atoms with Crippen molar-refractivity contribution in [1.29, 1.82) is 0 Å². The van der Waals surface area contributed by atoms with Crippen LogP contribution >= 0.6 is 27.3 Å². The first-order valence-electron chi connectivity index (χ1n) is 4.54. The highest BCUT2D eigenvalue weighted by Crippen LogP contribution is 2.25. The summed E-state index contributed by atoms with van der Waals surface area (Å²) in [6.45, 7) is 1.76. The number of aromatic nitrogens is 2. The van der Waals surface area contributed by atoms with Crippen molar-refractivity contribution >= 4 is 43.0 Å². The fraction of sp³-hybridized carbons (Fsp3) is 0.111. The zero-order valence-electron chi connectivity index (χ0n) is 8.71. The summed E-state index contributed by atoms with van der Waals surface area (Å²) in [6, 6.07) is 1.58. The molecule has 2 aromatic heterocycles. The quantitative estimate of drug-likeness (QED) is 0.936. The molecule has 0 saturated heterocycles. The average molecular weight is 334 g/mol. The molecule has 0 aliphatic rings. The zero-order chi connectivity index (χ0) is 12.5. The lowest BCUT2D eigenvalue weighted by molar-refractivity contribution is 0.603. The normalized spacial score (nSPS) is 11.4. The van der Waals surface area contributed by atoms with Gasteiger partial charge in [-0.1, -0.05) is 0 Å². The van der Waals surface area contributed by atoms with Crippen LogP contribution in [0.5, 0.6) is 0 Å². The van der Waals surface area contributed by atoms with Gasteiger partial charge in [0.25, 0.3) is 10.0 Å². The minimum absolute atomic E-state index is 0.193. The Hall–Kier alpha value is -0.990. The monoisotopic (exact) mass is 333 g/mol. The van der Waals surface area contributed by atoms with Crippen molar-refractivity contribution in [1.82, 2.24) is 9.97 Å². The maximum atomic E-state index is 12.0. The van der Waals surface area contributed by atoms with Gasteiger partial charge < -0.3 is 0 Å². The van der Waals surface area contributed by atoms with Crippen LogP contribution < -0.4 is 4.72 Å². The summed E-state index contributed by atoms with van der Waals surface area (Å²) in [5.74, 6) is 0. The van der Waals surface area contributed by atoms with Gasteiger partial charge in [0.05, 0.1) is 21.4 Å². The van der Waals surface area contributed by atoms with Gasteiger partial charge in [-0.2, -0.15) is 0 Å². The SMILES string of the molecule is Cc1ncc(S(=O)(=O)Nc2ccncc2Br)s1. The molecule has 2 heterocycles. The second-order valence-electron chi connectivity index (χ2n) is 3.16. The molecule has 2 aromatic rings. The molecule has 0 bridgehead atoms. The fourth-order valence-corrected chi connectivity index (χ4v) is 3.79. The highest BCUT2D eigenvalue weighted by molar-refractivity contribution is 9.10. The van der Waals surface area contributed by atoms with Crippen molar-refractivity contribution in [3.05, 3.63) is 34.1 Å². The summed E-state index contributed by atoms with van der Waals surface area (Å²) in [6.07, 6.45) is 4.38. The highest BCUT2D eigenvalue weighted by Gasteiger charge is 2.18. The minimum Gasteiger partial charge on any atom is -0.278 e. The van der Waals surface area contributed by atoms with Gasteiger partial charge in [0.1, 0.15) is 0 Å². The summed E-state index contributed by atoms with van der Waals surface area (Å²) in [5, 5.41) is 0.708. The lowest BCUT2D eigenvalue weighted by Gasteiger charge is -2.06. The van der Waals surface area contributed by atoms with Crippen molar-refractivity contribution in [3.8, 4) is 0 Å². The van der Waals surface area contributed by atoms with Crippen LogP contribution in [0.3, 0.4) is 0 Å². The molecule has 0 aliphatic carbocycles. The number of aryl methyl sites for hydroxylation is 1. The number of nitrogens with zero attached hydrogens (tertiary/aromatic N) is 2. The van der Waals surface area contributed by atoms with Crippen LogP contribution in [-0.2, 0) is 10.0 Å². The number of hydrogen-bond donors (Lipinski definition) is 1. The summed E-state index contributed by atoms with van der Waals surface area (Å²) >= 11 is 4.35. The van der Waals surface area contributed by atoms with E-state index in [1.807, 2.05) is 0 Å². The van der Waals surface area contributed by atoms with Crippen LogP contribution in [0.15, 0.2) is 33.3 Å². The Morgan fingerprint density at radius 2 is 2.18 bits per heavy atom. The second-order valence-corrected chi connectivity index (χ2v) is 7.16. The van der Waals surface area contributed by atoms with Crippen LogP contribution in [0.2, 0.25) is 0 Å². The minimum atomic E-state index is -3.57. The first kappa shape index (κ1) is 12.5. The van der Waals surface area contributed by atoms with Gasteiger partial charge in [0, 0.05) is 12.4 Å². The number of nitrogens with one attached hydrogen (secondary N) is 1. The standard InChI is InChI=1S/C9H8BrN3O2S2/c1-6-12-5-9(16-6)17(14,15)13-8-2-3-11-4-7(8)10/h2-5H,1H3,(H,11,13). The maximum Gasteiger partial charge on any atom is 0.273 e. The van der Waals surface area contributed by atoms with E-state index in [0.717, 1.165) is 11.3 Å². The van der Waals surface area contributed by atoms with Gasteiger partial charge in [-0.25, -0.2) is 13.4 Å². The number of sulfonamides is 1. The third-order valence-electron chi connectivity index (χ3n) is 1.88. The molecular weight excluding hydrogens is 326 g/mol. The molecule has 17 heavy (non-hydrogen) atoms. The van der Waals surface area contributed by atoms with E-state index in [0.29, 0.717) is 15.2 Å². The fourth-order valence-electron chi connectivity index (χ4n) is 1.12. The van der Waals surface area contributed by atoms with Crippen LogP contribution in [0.25, 0.3) is 0 Å². The van der Waals surface area contributed by atoms with E-state index >= 15 is 0 Å². The molecule has 0 fully saturated rings. The number of pyridine rings is 1. The predicted molar refractivity (Wildman–Crippen MR) is 69.6 cm³/mol. The Bertz CT molecular complexity index is 639. The molecule has 0 unspecified atom stereocenters. The molecular formula is C9H8BrN3O2S2. The Morgan fingerprint density at radius 1 is 1.41 bits per heavy atom. The average Bonchev–Trinajstić information content (AvgIpc) is 2.69. The van der Waals surface area contributed by atoms with Gasteiger partial charge in [-0.3, -0.25) is 9.71 Å². The molecule has 90 valence electrons. The molecule has 0 amide bonds. The van der Waals surface area contributed by atoms with Gasteiger partial charge in [0.15, 0.2) is 4.21 Å². The number of rotatable bonds is 3. The molecule has 5 nitrogen and oxygen atoms in total. The topological polar surface area (TPSA) is 72.0 Å². The van der Waals surface area contributed by atoms with Crippen molar-refractivity contribution in [2.24, 2.45) is 0 Å². The maximum absolute atomic E-state index is 12.0. The Morgan fingerprint density at radius 3 is 2.76 bits per heavy atom. The third-order valence-corrected chi connectivity index (χ3v) is 5.25. The van der Waals surface area contributed by atoms with Crippen LogP contribution in [-0.4, -0.2) is 18.4 Å². The second kappa shape index (κ2) is 4.71. The van der Waals surface area contributed by atoms with Crippen LogP contribution in [0.1, 0.15) is 5.01 Å². The molecule has 0 aromatic carbocycles. The predicted octanol–water partition coefficient (Wildman–Crippen LogP) is 2.41. The van der Waals surface area contributed by atoms with Gasteiger partial charge >= 0.3 is 0 Å². The summed E-state index contributed by atoms with van der Waals surface area (Å²) in [4.78, 5) is 7.78. The van der Waals surface area contributed by atoms with Crippen LogP contribution in [0, 0.1) is 6.92 Å². The summed E-state index contributed by atoms with van der Waals surface area (Å²) in [7, 11) is -3.57. The van der Waals surface area contributed by atoms with Gasteiger partial charge in [-0.15, -0.1) is 11.3 Å². The lowest BCUT2D eigenvalue weighted by atomic mass is 10.4. The first-order chi connectivity index (χ1) is 7.99. The lowest BCUT2D eigenvalue weighted by Crippen LogP contribution is -2.11. The molecule has 0 spiro atoms. The number of anilines is 1. The molecule has 0 radical (unpaired) electrons. The van der Waals surface area contributed by atoms with Crippen LogP contribution in [0.4, 0.5) is 5.69 Å². The molecule has 0 saturated carbocycles. The van der Waals surface area contributed by atoms with E-state index < -0.39 is 10.0 Å². The number of halogens is 1. The largest absolute Gasteiger partial charge is 0.278 e. The Kier molecular flexibility index (Phi) is 3.45. The molecule has 0 aliphatic heterocycles. The molecule has 1 N–H and O–H groups in total. The Labute approximate surface area is 111 Å². The molecule has 0 atom stereocenters. The third kappa shape index (κ3) is 2.82. The van der Waals surface area contributed by atoms with E-state index in [9.17, 15) is 8.42 Å². The summed E-state index contributed by atoms with van der Waals surface area (Å²) < 4.78 is 27.2. The van der Waals surface area contributed by atoms with E-state index in [2.05, 4.69) is 30.6 Å². The van der Waals surface area contributed by atoms with Gasteiger partial charge in [-0.05, 0) is 28.9 Å². The first-order valence-corrected chi connectivity index (χ1v) is 7.63. The van der Waals surface area contributed by atoms with Crippen molar-refractivity contribution in [2.75, 3.05) is 4.72 Å². The Balaban J connectivity index is 2.33. The van der Waals surface area contributed by atoms with E-state index in [4.69, 9.17) is 0 Å².